The first-order chi connectivity index (χ1) is 16.2. The van der Waals surface area contributed by atoms with Crippen LogP contribution in [0, 0.1) is 6.92 Å². The second-order valence-electron chi connectivity index (χ2n) is 7.74. The monoisotopic (exact) mass is 480 g/mol. The van der Waals surface area contributed by atoms with E-state index in [0.717, 1.165) is 5.56 Å². The van der Waals surface area contributed by atoms with Gasteiger partial charge in [-0.15, -0.1) is 0 Å². The highest BCUT2D eigenvalue weighted by atomic mass is 32.2. The summed E-state index contributed by atoms with van der Waals surface area (Å²) in [4.78, 5) is 25.1. The van der Waals surface area contributed by atoms with Gasteiger partial charge in [0.25, 0.3) is 5.91 Å². The molecule has 1 atom stereocenters. The van der Waals surface area contributed by atoms with Gasteiger partial charge in [0.2, 0.25) is 10.0 Å². The molecule has 0 heterocycles. The first kappa shape index (κ1) is 24.9. The van der Waals surface area contributed by atoms with Crippen LogP contribution in [0.25, 0.3) is 0 Å². The fraction of sp³-hybridized carbons (Fsp3) is 0.200. The molecule has 0 saturated heterocycles. The average molecular weight is 481 g/mol. The largest absolute Gasteiger partial charge is 0.346 e. The molecule has 8 nitrogen and oxygen atoms in total. The van der Waals surface area contributed by atoms with Gasteiger partial charge in [-0.1, -0.05) is 43.3 Å². The highest BCUT2D eigenvalue weighted by Crippen LogP contribution is 2.20. The van der Waals surface area contributed by atoms with Gasteiger partial charge in [0.15, 0.2) is 0 Å². The van der Waals surface area contributed by atoms with E-state index < -0.39 is 10.0 Å². The predicted octanol–water partition coefficient (Wildman–Crippen LogP) is 4.43. The zero-order valence-electron chi connectivity index (χ0n) is 19.3. The van der Waals surface area contributed by atoms with Crippen molar-refractivity contribution in [3.63, 3.8) is 0 Å². The number of hydrogen-bond acceptors (Lipinski definition) is 4. The van der Waals surface area contributed by atoms with Gasteiger partial charge in [-0.25, -0.2) is 17.9 Å². The van der Waals surface area contributed by atoms with E-state index in [4.69, 9.17) is 0 Å². The van der Waals surface area contributed by atoms with Crippen LogP contribution in [-0.2, 0) is 10.0 Å². The number of sulfonamides is 1. The molecule has 0 spiro atoms. The maximum Gasteiger partial charge on any atom is 0.323 e. The van der Waals surface area contributed by atoms with Gasteiger partial charge in [0.1, 0.15) is 0 Å². The van der Waals surface area contributed by atoms with E-state index >= 15 is 0 Å². The van der Waals surface area contributed by atoms with Gasteiger partial charge >= 0.3 is 6.03 Å². The molecule has 0 radical (unpaired) electrons. The summed E-state index contributed by atoms with van der Waals surface area (Å²) in [5.41, 5.74) is 3.08. The maximum atomic E-state index is 12.9. The van der Waals surface area contributed by atoms with Gasteiger partial charge in [-0.2, -0.15) is 0 Å². The third kappa shape index (κ3) is 6.43. The van der Waals surface area contributed by atoms with Gasteiger partial charge < -0.3 is 16.0 Å². The summed E-state index contributed by atoms with van der Waals surface area (Å²) in [5, 5.41) is 8.41. The van der Waals surface area contributed by atoms with Crippen molar-refractivity contribution in [1.82, 2.24) is 10.0 Å². The Hall–Kier alpha value is -3.69. The van der Waals surface area contributed by atoms with Crippen LogP contribution in [0.2, 0.25) is 0 Å². The van der Waals surface area contributed by atoms with Crippen molar-refractivity contribution in [1.29, 1.82) is 0 Å². The summed E-state index contributed by atoms with van der Waals surface area (Å²) in [6.07, 6.45) is 0. The van der Waals surface area contributed by atoms with Crippen LogP contribution in [0.1, 0.15) is 41.4 Å². The van der Waals surface area contributed by atoms with E-state index in [1.54, 1.807) is 44.2 Å². The Balaban J connectivity index is 1.65. The number of carbonyl (C=O) groups is 2. The molecular formula is C25H28N4O4S. The molecule has 0 bridgehead atoms. The molecule has 178 valence electrons. The number of carbonyl (C=O) groups excluding carboxylic acids is 2. The summed E-state index contributed by atoms with van der Waals surface area (Å²) >= 11 is 0. The minimum atomic E-state index is -3.67. The summed E-state index contributed by atoms with van der Waals surface area (Å²) in [6.45, 7) is 5.53. The van der Waals surface area contributed by atoms with Gasteiger partial charge in [0, 0.05) is 23.5 Å². The zero-order valence-corrected chi connectivity index (χ0v) is 20.1. The maximum absolute atomic E-state index is 12.9. The Bertz CT molecular complexity index is 1260. The lowest BCUT2D eigenvalue weighted by Gasteiger charge is -2.17. The van der Waals surface area contributed by atoms with Crippen LogP contribution in [0.15, 0.2) is 77.7 Å². The minimum Gasteiger partial charge on any atom is -0.346 e. The van der Waals surface area contributed by atoms with Crippen molar-refractivity contribution in [2.45, 2.75) is 31.7 Å². The highest BCUT2D eigenvalue weighted by molar-refractivity contribution is 7.89. The number of amides is 3. The van der Waals surface area contributed by atoms with Gasteiger partial charge in [0.05, 0.1) is 10.9 Å². The van der Waals surface area contributed by atoms with Crippen molar-refractivity contribution >= 4 is 33.3 Å². The third-order valence-corrected chi connectivity index (χ3v) is 6.69. The Morgan fingerprint density at radius 2 is 1.50 bits per heavy atom. The quantitative estimate of drug-likeness (QED) is 0.382. The average Bonchev–Trinajstić information content (AvgIpc) is 2.80. The van der Waals surface area contributed by atoms with E-state index in [1.165, 1.54) is 12.1 Å². The SMILES string of the molecule is CCNS(=O)(=O)c1ccc(C)c(C(=O)NC(C)c2ccc(NC(=O)Nc3ccccc3)cc2)c1. The number of aryl methyl sites for hydroxylation is 1. The third-order valence-electron chi connectivity index (χ3n) is 5.15. The smallest absolute Gasteiger partial charge is 0.323 e. The Labute approximate surface area is 199 Å². The molecule has 0 aromatic heterocycles. The minimum absolute atomic E-state index is 0.0435. The molecular weight excluding hydrogens is 452 g/mol. The lowest BCUT2D eigenvalue weighted by Crippen LogP contribution is -2.28. The number of urea groups is 1. The normalized spacial score (nSPS) is 12.0. The fourth-order valence-electron chi connectivity index (χ4n) is 3.31. The number of hydrogen-bond donors (Lipinski definition) is 4. The zero-order chi connectivity index (χ0) is 24.7. The van der Waals surface area contributed by atoms with E-state index in [1.807, 2.05) is 37.3 Å². The molecule has 4 N–H and O–H groups in total. The molecule has 1 unspecified atom stereocenters. The number of anilines is 2. The molecule has 3 aromatic carbocycles. The van der Waals surface area contributed by atoms with Crippen molar-refractivity contribution in [3.8, 4) is 0 Å². The van der Waals surface area contributed by atoms with Crippen LogP contribution in [0.5, 0.6) is 0 Å². The number of nitrogens with one attached hydrogen (secondary N) is 4. The molecule has 3 amide bonds. The summed E-state index contributed by atoms with van der Waals surface area (Å²) in [6, 6.07) is 20.0. The van der Waals surface area contributed by atoms with Crippen molar-refractivity contribution in [2.75, 3.05) is 17.2 Å². The molecule has 0 aliphatic carbocycles. The van der Waals surface area contributed by atoms with E-state index in [2.05, 4.69) is 20.7 Å². The summed E-state index contributed by atoms with van der Waals surface area (Å²) < 4.78 is 27.0. The number of rotatable bonds is 8. The fourth-order valence-corrected chi connectivity index (χ4v) is 4.38. The van der Waals surface area contributed by atoms with Crippen molar-refractivity contribution in [2.24, 2.45) is 0 Å². The van der Waals surface area contributed by atoms with Crippen LogP contribution in [0.4, 0.5) is 16.2 Å². The summed E-state index contributed by atoms with van der Waals surface area (Å²) in [7, 11) is -3.67. The van der Waals surface area contributed by atoms with Crippen LogP contribution in [-0.4, -0.2) is 26.9 Å². The standard InChI is InChI=1S/C25H28N4O4S/c1-4-26-34(32,33)22-15-10-17(2)23(16-22)24(30)27-18(3)19-11-13-21(14-12-19)29-25(31)28-20-8-6-5-7-9-20/h5-16,18,26H,4H2,1-3H3,(H,27,30)(H2,28,29,31). The number of benzene rings is 3. The second kappa shape index (κ2) is 11.0. The van der Waals surface area contributed by atoms with Gasteiger partial charge in [-0.05, 0) is 61.4 Å². The topological polar surface area (TPSA) is 116 Å². The molecule has 3 aromatic rings. The van der Waals surface area contributed by atoms with Crippen molar-refractivity contribution in [3.05, 3.63) is 89.5 Å². The highest BCUT2D eigenvalue weighted by Gasteiger charge is 2.19. The van der Waals surface area contributed by atoms with E-state index in [0.29, 0.717) is 22.5 Å². The number of para-hydroxylation sites is 1. The molecule has 0 saturated carbocycles. The second-order valence-corrected chi connectivity index (χ2v) is 9.51. The lowest BCUT2D eigenvalue weighted by molar-refractivity contribution is 0.0939. The van der Waals surface area contributed by atoms with Crippen molar-refractivity contribution < 1.29 is 18.0 Å². The Morgan fingerprint density at radius 1 is 0.882 bits per heavy atom. The molecule has 3 rings (SSSR count). The van der Waals surface area contributed by atoms with E-state index in [9.17, 15) is 18.0 Å². The predicted molar refractivity (Wildman–Crippen MR) is 133 cm³/mol. The first-order valence-corrected chi connectivity index (χ1v) is 12.3. The molecule has 0 fully saturated rings. The lowest BCUT2D eigenvalue weighted by atomic mass is 10.1. The van der Waals surface area contributed by atoms with Crippen LogP contribution in [0.3, 0.4) is 0 Å². The van der Waals surface area contributed by atoms with Crippen LogP contribution < -0.4 is 20.7 Å². The molecule has 9 heteroatoms. The van der Waals surface area contributed by atoms with Gasteiger partial charge in [-0.3, -0.25) is 4.79 Å². The summed E-state index contributed by atoms with van der Waals surface area (Å²) in [5.74, 6) is -0.372. The van der Waals surface area contributed by atoms with E-state index in [-0.39, 0.29) is 29.4 Å². The molecule has 34 heavy (non-hydrogen) atoms. The Kier molecular flexibility index (Phi) is 8.04. The Morgan fingerprint density at radius 3 is 2.12 bits per heavy atom. The first-order valence-electron chi connectivity index (χ1n) is 10.8. The molecule has 0 aliphatic rings. The molecule has 0 aliphatic heterocycles. The van der Waals surface area contributed by atoms with Crippen LogP contribution >= 0.6 is 0 Å².